The standard InChI is InChI=1S/C22H24N4O3S/c1-16-9-10-17(30(28,29)24-11-5-2-6-12-24)15-18(16)21(27)26-14-13-25-20-8-4-3-7-19(20)23-22(25)26/h3-4,7-10,15H,2,5-6,11-14H2,1H3. The number of piperidine rings is 1. The molecule has 1 saturated heterocycles. The van der Waals surface area contributed by atoms with Crippen molar-refractivity contribution in [2.45, 2.75) is 37.6 Å². The number of imidazole rings is 1. The van der Waals surface area contributed by atoms with Crippen molar-refractivity contribution >= 4 is 32.9 Å². The van der Waals surface area contributed by atoms with Crippen LogP contribution < -0.4 is 4.90 Å². The highest BCUT2D eigenvalue weighted by molar-refractivity contribution is 7.89. The fourth-order valence-electron chi connectivity index (χ4n) is 4.37. The Balaban J connectivity index is 1.51. The van der Waals surface area contributed by atoms with Gasteiger partial charge in [-0.25, -0.2) is 13.4 Å². The molecule has 156 valence electrons. The molecular formula is C22H24N4O3S. The molecule has 0 unspecified atom stereocenters. The van der Waals surface area contributed by atoms with Gasteiger partial charge in [0.05, 0.1) is 15.9 Å². The molecule has 0 radical (unpaired) electrons. The molecule has 1 aromatic heterocycles. The van der Waals surface area contributed by atoms with Crippen LogP contribution in [-0.2, 0) is 16.6 Å². The van der Waals surface area contributed by atoms with Crippen molar-refractivity contribution in [3.05, 3.63) is 53.6 Å². The fraction of sp³-hybridized carbons (Fsp3) is 0.364. The van der Waals surface area contributed by atoms with Crippen LogP contribution >= 0.6 is 0 Å². The molecule has 3 heterocycles. The largest absolute Gasteiger partial charge is 0.308 e. The third kappa shape index (κ3) is 3.02. The predicted octanol–water partition coefficient (Wildman–Crippen LogP) is 3.18. The minimum Gasteiger partial charge on any atom is -0.308 e. The molecule has 0 bridgehead atoms. The smallest absolute Gasteiger partial charge is 0.260 e. The number of benzene rings is 2. The van der Waals surface area contributed by atoms with Gasteiger partial charge in [-0.05, 0) is 49.6 Å². The maximum Gasteiger partial charge on any atom is 0.260 e. The van der Waals surface area contributed by atoms with Crippen LogP contribution in [-0.4, -0.2) is 47.8 Å². The second kappa shape index (κ2) is 7.21. The van der Waals surface area contributed by atoms with E-state index in [0.717, 1.165) is 35.9 Å². The number of nitrogens with zero attached hydrogens (tertiary/aromatic N) is 4. The van der Waals surface area contributed by atoms with E-state index in [1.54, 1.807) is 17.0 Å². The third-order valence-electron chi connectivity index (χ3n) is 6.06. The highest BCUT2D eigenvalue weighted by Gasteiger charge is 2.32. The van der Waals surface area contributed by atoms with Crippen molar-refractivity contribution in [3.8, 4) is 0 Å². The lowest BCUT2D eigenvalue weighted by Crippen LogP contribution is -2.36. The monoisotopic (exact) mass is 424 g/mol. The molecule has 5 rings (SSSR count). The molecule has 0 saturated carbocycles. The first-order valence-electron chi connectivity index (χ1n) is 10.3. The number of carbonyl (C=O) groups excluding carboxylic acids is 1. The van der Waals surface area contributed by atoms with Crippen LogP contribution in [0.3, 0.4) is 0 Å². The van der Waals surface area contributed by atoms with E-state index in [9.17, 15) is 13.2 Å². The first-order valence-corrected chi connectivity index (χ1v) is 11.8. The number of fused-ring (bicyclic) bond motifs is 3. The summed E-state index contributed by atoms with van der Waals surface area (Å²) >= 11 is 0. The maximum absolute atomic E-state index is 13.4. The van der Waals surface area contributed by atoms with Gasteiger partial charge in [-0.15, -0.1) is 0 Å². The van der Waals surface area contributed by atoms with Gasteiger partial charge in [-0.3, -0.25) is 9.69 Å². The average molecular weight is 425 g/mol. The topological polar surface area (TPSA) is 75.5 Å². The van der Waals surface area contributed by atoms with E-state index in [0.29, 0.717) is 37.7 Å². The molecule has 30 heavy (non-hydrogen) atoms. The van der Waals surface area contributed by atoms with Crippen LogP contribution in [0.25, 0.3) is 11.0 Å². The van der Waals surface area contributed by atoms with Crippen molar-refractivity contribution in [3.63, 3.8) is 0 Å². The summed E-state index contributed by atoms with van der Waals surface area (Å²) in [6, 6.07) is 12.7. The van der Waals surface area contributed by atoms with Gasteiger partial charge in [0, 0.05) is 31.7 Å². The Morgan fingerprint density at radius 2 is 1.73 bits per heavy atom. The number of hydrogen-bond donors (Lipinski definition) is 0. The number of aryl methyl sites for hydroxylation is 1. The molecule has 3 aromatic rings. The molecule has 7 nitrogen and oxygen atoms in total. The second-order valence-electron chi connectivity index (χ2n) is 7.95. The molecule has 2 aromatic carbocycles. The van der Waals surface area contributed by atoms with Crippen molar-refractivity contribution < 1.29 is 13.2 Å². The van der Waals surface area contributed by atoms with Crippen molar-refractivity contribution in [1.29, 1.82) is 0 Å². The summed E-state index contributed by atoms with van der Waals surface area (Å²) in [4.78, 5) is 19.9. The second-order valence-corrected chi connectivity index (χ2v) is 9.89. The maximum atomic E-state index is 13.4. The summed E-state index contributed by atoms with van der Waals surface area (Å²) in [5.74, 6) is 0.405. The third-order valence-corrected chi connectivity index (χ3v) is 7.96. The zero-order valence-electron chi connectivity index (χ0n) is 16.9. The Morgan fingerprint density at radius 1 is 0.967 bits per heavy atom. The van der Waals surface area contributed by atoms with Crippen LogP contribution in [0, 0.1) is 6.92 Å². The molecule has 0 aliphatic carbocycles. The fourth-order valence-corrected chi connectivity index (χ4v) is 5.92. The minimum absolute atomic E-state index is 0.186. The summed E-state index contributed by atoms with van der Waals surface area (Å²) in [5, 5.41) is 0. The van der Waals surface area contributed by atoms with Gasteiger partial charge in [-0.1, -0.05) is 24.6 Å². The van der Waals surface area contributed by atoms with Crippen molar-refractivity contribution in [1.82, 2.24) is 13.9 Å². The molecule has 1 amide bonds. The van der Waals surface area contributed by atoms with Gasteiger partial charge in [-0.2, -0.15) is 4.31 Å². The Kier molecular flexibility index (Phi) is 4.63. The van der Waals surface area contributed by atoms with Crippen LogP contribution in [0.4, 0.5) is 5.95 Å². The van der Waals surface area contributed by atoms with Crippen molar-refractivity contribution in [2.75, 3.05) is 24.5 Å². The van der Waals surface area contributed by atoms with Crippen LogP contribution in [0.15, 0.2) is 47.4 Å². The van der Waals surface area contributed by atoms with Crippen LogP contribution in [0.2, 0.25) is 0 Å². The molecule has 2 aliphatic rings. The van der Waals surface area contributed by atoms with Gasteiger partial charge in [0.25, 0.3) is 5.91 Å². The van der Waals surface area contributed by atoms with E-state index >= 15 is 0 Å². The van der Waals surface area contributed by atoms with Crippen LogP contribution in [0.1, 0.15) is 35.2 Å². The Hall–Kier alpha value is -2.71. The Morgan fingerprint density at radius 3 is 2.53 bits per heavy atom. The van der Waals surface area contributed by atoms with E-state index in [-0.39, 0.29) is 10.8 Å². The van der Waals surface area contributed by atoms with E-state index in [2.05, 4.69) is 4.98 Å². The van der Waals surface area contributed by atoms with E-state index in [1.807, 2.05) is 35.8 Å². The first kappa shape index (κ1) is 19.3. The average Bonchev–Trinajstić information content (AvgIpc) is 3.33. The molecule has 0 atom stereocenters. The first-order chi connectivity index (χ1) is 14.5. The summed E-state index contributed by atoms with van der Waals surface area (Å²) in [5.41, 5.74) is 3.02. The van der Waals surface area contributed by atoms with Gasteiger partial charge < -0.3 is 4.57 Å². The summed E-state index contributed by atoms with van der Waals surface area (Å²) in [6.45, 7) is 4.11. The Labute approximate surface area is 176 Å². The summed E-state index contributed by atoms with van der Waals surface area (Å²) in [6.07, 6.45) is 2.81. The molecule has 0 N–H and O–H groups in total. The van der Waals surface area contributed by atoms with Gasteiger partial charge in [0.1, 0.15) is 0 Å². The van der Waals surface area contributed by atoms with E-state index < -0.39 is 10.0 Å². The van der Waals surface area contributed by atoms with Gasteiger partial charge >= 0.3 is 0 Å². The van der Waals surface area contributed by atoms with E-state index in [4.69, 9.17) is 0 Å². The Bertz CT molecular complexity index is 1240. The zero-order chi connectivity index (χ0) is 20.9. The number of amides is 1. The molecule has 2 aliphatic heterocycles. The molecule has 0 spiro atoms. The number of carbonyl (C=O) groups is 1. The highest BCUT2D eigenvalue weighted by atomic mass is 32.2. The zero-order valence-corrected chi connectivity index (χ0v) is 17.7. The minimum atomic E-state index is -3.60. The number of sulfonamides is 1. The lowest BCUT2D eigenvalue weighted by atomic mass is 10.1. The summed E-state index contributed by atoms with van der Waals surface area (Å²) < 4.78 is 29.8. The lowest BCUT2D eigenvalue weighted by Gasteiger charge is -2.26. The highest BCUT2D eigenvalue weighted by Crippen LogP contribution is 2.30. The quantitative estimate of drug-likeness (QED) is 0.647. The van der Waals surface area contributed by atoms with E-state index in [1.165, 1.54) is 10.4 Å². The number of hydrogen-bond acceptors (Lipinski definition) is 4. The summed E-state index contributed by atoms with van der Waals surface area (Å²) in [7, 11) is -3.60. The lowest BCUT2D eigenvalue weighted by molar-refractivity contribution is 0.0988. The predicted molar refractivity (Wildman–Crippen MR) is 115 cm³/mol. The SMILES string of the molecule is Cc1ccc(S(=O)(=O)N2CCCCC2)cc1C(=O)N1CCn2c1nc1ccccc12. The molecule has 8 heteroatoms. The van der Waals surface area contributed by atoms with Crippen LogP contribution in [0.5, 0.6) is 0 Å². The number of rotatable bonds is 3. The molecular weight excluding hydrogens is 400 g/mol. The number of para-hydroxylation sites is 2. The molecule has 1 fully saturated rings. The van der Waals surface area contributed by atoms with Crippen molar-refractivity contribution in [2.24, 2.45) is 0 Å². The van der Waals surface area contributed by atoms with Gasteiger partial charge in [0.15, 0.2) is 0 Å². The normalized spacial score (nSPS) is 17.4. The number of aromatic nitrogens is 2. The van der Waals surface area contributed by atoms with Gasteiger partial charge in [0.2, 0.25) is 16.0 Å². The number of anilines is 1.